The fraction of sp³-hybridized carbons (Fsp3) is 0.324. The smallest absolute Gasteiger partial charge is 0.349 e. The summed E-state index contributed by atoms with van der Waals surface area (Å²) in [4.78, 5) is 14.2. The SMILES string of the molecule is CC(C)[C@@H]1C[C@@H](C)CC[C@H]1OC(=O)[C@@H]1Oc2c(-c3ccccc3)cccc2[C@H]1NP(=S)(c1ccccc1)c1ccccc1. The van der Waals surface area contributed by atoms with E-state index in [-0.39, 0.29) is 12.1 Å². The summed E-state index contributed by atoms with van der Waals surface area (Å²) in [5, 5.41) is 5.95. The van der Waals surface area contributed by atoms with Crippen molar-refractivity contribution in [1.29, 1.82) is 0 Å². The fourth-order valence-corrected chi connectivity index (χ4v) is 10.2. The summed E-state index contributed by atoms with van der Waals surface area (Å²) >= 11 is 6.59. The predicted molar refractivity (Wildman–Crippen MR) is 180 cm³/mol. The second kappa shape index (κ2) is 12.8. The van der Waals surface area contributed by atoms with E-state index in [1.54, 1.807) is 0 Å². The molecule has 0 unspecified atom stereocenters. The van der Waals surface area contributed by atoms with E-state index in [2.05, 4.69) is 74.4 Å². The lowest BCUT2D eigenvalue weighted by Gasteiger charge is -2.37. The Morgan fingerprint density at radius 3 is 2.07 bits per heavy atom. The highest BCUT2D eigenvalue weighted by Gasteiger charge is 2.46. The van der Waals surface area contributed by atoms with Crippen LogP contribution in [0.5, 0.6) is 5.75 Å². The molecule has 6 heteroatoms. The maximum Gasteiger partial charge on any atom is 0.349 e. The van der Waals surface area contributed by atoms with Crippen molar-refractivity contribution in [3.63, 3.8) is 0 Å². The molecule has 1 saturated carbocycles. The number of hydrogen-bond donors (Lipinski definition) is 1. The van der Waals surface area contributed by atoms with E-state index in [4.69, 9.17) is 21.3 Å². The van der Waals surface area contributed by atoms with Crippen LogP contribution in [0.1, 0.15) is 51.6 Å². The number of fused-ring (bicyclic) bond motifs is 1. The number of para-hydroxylation sites is 1. The lowest BCUT2D eigenvalue weighted by atomic mass is 9.75. The van der Waals surface area contributed by atoms with Gasteiger partial charge < -0.3 is 9.47 Å². The Labute approximate surface area is 260 Å². The average molecular weight is 610 g/mol. The molecular weight excluding hydrogens is 569 g/mol. The third-order valence-corrected chi connectivity index (χ3v) is 13.3. The van der Waals surface area contributed by atoms with E-state index in [0.717, 1.165) is 46.6 Å². The van der Waals surface area contributed by atoms with Crippen LogP contribution in [0.25, 0.3) is 11.1 Å². The summed E-state index contributed by atoms with van der Waals surface area (Å²) in [5.74, 6) is 1.80. The van der Waals surface area contributed by atoms with Crippen molar-refractivity contribution in [2.24, 2.45) is 17.8 Å². The van der Waals surface area contributed by atoms with Gasteiger partial charge in [-0.15, -0.1) is 0 Å². The minimum Gasteiger partial charge on any atom is -0.476 e. The van der Waals surface area contributed by atoms with Crippen molar-refractivity contribution >= 4 is 34.6 Å². The molecule has 6 rings (SSSR count). The third-order valence-electron chi connectivity index (χ3n) is 9.03. The number of benzene rings is 4. The largest absolute Gasteiger partial charge is 0.476 e. The highest BCUT2D eigenvalue weighted by atomic mass is 32.4. The van der Waals surface area contributed by atoms with Crippen molar-refractivity contribution < 1.29 is 14.3 Å². The normalized spacial score (nSPS) is 23.4. The van der Waals surface area contributed by atoms with Gasteiger partial charge in [0.1, 0.15) is 11.9 Å². The first-order valence-corrected chi connectivity index (χ1v) is 18.2. The molecule has 1 heterocycles. The lowest BCUT2D eigenvalue weighted by molar-refractivity contribution is -0.164. The van der Waals surface area contributed by atoms with E-state index >= 15 is 0 Å². The quantitative estimate of drug-likeness (QED) is 0.163. The first kappa shape index (κ1) is 29.8. The number of carbonyl (C=O) groups is 1. The summed E-state index contributed by atoms with van der Waals surface area (Å²) in [6, 6.07) is 36.3. The van der Waals surface area contributed by atoms with Crippen LogP contribution in [-0.4, -0.2) is 18.2 Å². The average Bonchev–Trinajstić information content (AvgIpc) is 3.41. The molecule has 0 saturated heterocycles. The Kier molecular flexibility index (Phi) is 8.86. The Balaban J connectivity index is 1.42. The van der Waals surface area contributed by atoms with E-state index in [1.165, 1.54) is 0 Å². The molecule has 1 aliphatic heterocycles. The van der Waals surface area contributed by atoms with Gasteiger partial charge in [-0.05, 0) is 42.6 Å². The number of rotatable bonds is 8. The van der Waals surface area contributed by atoms with Crippen molar-refractivity contribution in [3.8, 4) is 16.9 Å². The van der Waals surface area contributed by atoms with E-state index in [0.29, 0.717) is 23.5 Å². The molecular formula is C37H40NO3PS. The Morgan fingerprint density at radius 1 is 0.860 bits per heavy atom. The van der Waals surface area contributed by atoms with Crippen molar-refractivity contribution in [2.45, 2.75) is 58.3 Å². The van der Waals surface area contributed by atoms with Gasteiger partial charge in [0.25, 0.3) is 0 Å². The summed E-state index contributed by atoms with van der Waals surface area (Å²) in [6.07, 6.45) is -0.528. The Morgan fingerprint density at radius 2 is 1.47 bits per heavy atom. The van der Waals surface area contributed by atoms with E-state index in [9.17, 15) is 4.79 Å². The first-order chi connectivity index (χ1) is 20.8. The van der Waals surface area contributed by atoms with Crippen LogP contribution < -0.4 is 20.4 Å². The molecule has 4 aromatic rings. The lowest BCUT2D eigenvalue weighted by Crippen LogP contribution is -2.43. The van der Waals surface area contributed by atoms with Crippen LogP contribution in [0.15, 0.2) is 109 Å². The number of carbonyl (C=O) groups excluding carboxylic acids is 1. The van der Waals surface area contributed by atoms with Gasteiger partial charge in [0.2, 0.25) is 6.10 Å². The molecule has 1 fully saturated rings. The van der Waals surface area contributed by atoms with Gasteiger partial charge in [-0.1, -0.05) is 142 Å². The summed E-state index contributed by atoms with van der Waals surface area (Å²) in [7, 11) is 0. The van der Waals surface area contributed by atoms with E-state index in [1.807, 2.05) is 60.7 Å². The van der Waals surface area contributed by atoms with Crippen LogP contribution in [0.3, 0.4) is 0 Å². The second-order valence-corrected chi connectivity index (χ2v) is 16.5. The fourth-order valence-electron chi connectivity index (χ4n) is 6.69. The van der Waals surface area contributed by atoms with Crippen LogP contribution >= 0.6 is 6.19 Å². The molecule has 2 aliphatic rings. The second-order valence-electron chi connectivity index (χ2n) is 12.3. The Bertz CT molecular complexity index is 1550. The van der Waals surface area contributed by atoms with Crippen molar-refractivity contribution in [3.05, 3.63) is 115 Å². The number of hydrogen-bond acceptors (Lipinski definition) is 4. The maximum absolute atomic E-state index is 14.2. The van der Waals surface area contributed by atoms with Crippen LogP contribution in [0.2, 0.25) is 0 Å². The molecule has 1 N–H and O–H groups in total. The van der Waals surface area contributed by atoms with Gasteiger partial charge in [0.15, 0.2) is 0 Å². The summed E-state index contributed by atoms with van der Waals surface area (Å²) in [5.41, 5.74) is 2.93. The van der Waals surface area contributed by atoms with Crippen molar-refractivity contribution in [1.82, 2.24) is 5.09 Å². The van der Waals surface area contributed by atoms with E-state index < -0.39 is 18.3 Å². The topological polar surface area (TPSA) is 47.6 Å². The number of esters is 1. The molecule has 222 valence electrons. The van der Waals surface area contributed by atoms with Crippen LogP contribution in [0, 0.1) is 17.8 Å². The van der Waals surface area contributed by atoms with Crippen molar-refractivity contribution in [2.75, 3.05) is 0 Å². The standard InChI is InChI=1S/C37H40NO3PS/c1-25(2)32-24-26(3)22-23-33(32)40-37(39)36-34(31-21-13-20-30(35(31)41-36)27-14-7-4-8-15-27)38-42(43,28-16-9-5-10-17-28)29-18-11-6-12-19-29/h4-21,25-26,32-34,36H,22-24H2,1-3H3,(H,38,43)/t26-,32-,33+,34+,36+/m0/s1. The molecule has 4 aromatic carbocycles. The molecule has 0 amide bonds. The molecule has 5 atom stereocenters. The molecule has 43 heavy (non-hydrogen) atoms. The minimum absolute atomic E-state index is 0.114. The first-order valence-electron chi connectivity index (χ1n) is 15.4. The predicted octanol–water partition coefficient (Wildman–Crippen LogP) is 7.79. The molecule has 1 aliphatic carbocycles. The zero-order chi connectivity index (χ0) is 30.0. The van der Waals surface area contributed by atoms with Crippen LogP contribution in [0.4, 0.5) is 0 Å². The highest BCUT2D eigenvalue weighted by molar-refractivity contribution is 8.20. The maximum atomic E-state index is 14.2. The number of ether oxygens (including phenoxy) is 2. The molecule has 0 aromatic heterocycles. The number of nitrogens with one attached hydrogen (secondary N) is 1. The van der Waals surface area contributed by atoms with Gasteiger partial charge in [0.05, 0.1) is 12.2 Å². The zero-order valence-electron chi connectivity index (χ0n) is 25.1. The van der Waals surface area contributed by atoms with Gasteiger partial charge >= 0.3 is 5.97 Å². The minimum atomic E-state index is -2.58. The summed E-state index contributed by atoms with van der Waals surface area (Å²) in [6.45, 7) is 6.77. The van der Waals surface area contributed by atoms with Gasteiger partial charge in [-0.25, -0.2) is 4.79 Å². The Hall–Kier alpha value is -3.24. The molecule has 4 nitrogen and oxygen atoms in total. The third kappa shape index (κ3) is 6.09. The van der Waals surface area contributed by atoms with Gasteiger partial charge in [0, 0.05) is 21.7 Å². The molecule has 0 bridgehead atoms. The zero-order valence-corrected chi connectivity index (χ0v) is 26.8. The molecule has 0 spiro atoms. The van der Waals surface area contributed by atoms with Gasteiger partial charge in [-0.3, -0.25) is 5.09 Å². The highest BCUT2D eigenvalue weighted by Crippen LogP contribution is 2.50. The molecule has 0 radical (unpaired) electrons. The monoisotopic (exact) mass is 609 g/mol. The summed E-state index contributed by atoms with van der Waals surface area (Å²) < 4.78 is 13.1. The van der Waals surface area contributed by atoms with Gasteiger partial charge in [-0.2, -0.15) is 0 Å². The van der Waals surface area contributed by atoms with Crippen LogP contribution in [-0.2, 0) is 21.3 Å².